The van der Waals surface area contributed by atoms with Crippen LogP contribution in [0.5, 0.6) is 0 Å². The predicted octanol–water partition coefficient (Wildman–Crippen LogP) is 1.48. The minimum Gasteiger partial charge on any atom is -0.296 e. The highest BCUT2D eigenvalue weighted by Crippen LogP contribution is 2.16. The van der Waals surface area contributed by atoms with Gasteiger partial charge in [-0.15, -0.1) is 0 Å². The Morgan fingerprint density at radius 2 is 2.29 bits per heavy atom. The van der Waals surface area contributed by atoms with Crippen LogP contribution in [-0.2, 0) is 0 Å². The zero-order valence-electron chi connectivity index (χ0n) is 7.37. The molecule has 5 heteroatoms. The Bertz CT molecular complexity index is 516. The predicted molar refractivity (Wildman–Crippen MR) is 47.3 cm³/mol. The van der Waals surface area contributed by atoms with Crippen LogP contribution in [0.2, 0.25) is 0 Å². The number of benzene rings is 1. The molecule has 0 saturated heterocycles. The highest BCUT2D eigenvalue weighted by molar-refractivity contribution is 5.55. The minimum atomic E-state index is -0.623. The molecular formula is C9H7FN2O2. The zero-order valence-corrected chi connectivity index (χ0v) is 7.37. The van der Waals surface area contributed by atoms with Crippen molar-refractivity contribution >= 4 is 0 Å². The van der Waals surface area contributed by atoms with Crippen molar-refractivity contribution in [3.63, 3.8) is 0 Å². The van der Waals surface area contributed by atoms with Crippen molar-refractivity contribution < 1.29 is 8.91 Å². The number of hydrogen-bond acceptors (Lipinski definition) is 3. The summed E-state index contributed by atoms with van der Waals surface area (Å²) in [7, 11) is 0. The van der Waals surface area contributed by atoms with Crippen molar-refractivity contribution in [2.24, 2.45) is 0 Å². The fourth-order valence-electron chi connectivity index (χ4n) is 1.15. The number of rotatable bonds is 1. The third-order valence-electron chi connectivity index (χ3n) is 1.87. The molecule has 0 atom stereocenters. The van der Waals surface area contributed by atoms with E-state index in [1.165, 1.54) is 12.1 Å². The number of H-pyrrole nitrogens is 1. The lowest BCUT2D eigenvalue weighted by molar-refractivity contribution is 0.388. The Morgan fingerprint density at radius 3 is 2.86 bits per heavy atom. The van der Waals surface area contributed by atoms with E-state index in [0.717, 1.165) is 0 Å². The number of nitrogens with zero attached hydrogens (tertiary/aromatic N) is 1. The Kier molecular flexibility index (Phi) is 1.92. The first-order chi connectivity index (χ1) is 6.66. The Hall–Kier alpha value is -1.91. The molecule has 2 rings (SSSR count). The first kappa shape index (κ1) is 8.68. The van der Waals surface area contributed by atoms with Crippen molar-refractivity contribution in [2.45, 2.75) is 6.92 Å². The smallest absolute Gasteiger partial charge is 0.296 e. The second-order valence-corrected chi connectivity index (χ2v) is 2.91. The maximum absolute atomic E-state index is 12.9. The molecule has 0 unspecified atom stereocenters. The second kappa shape index (κ2) is 3.10. The molecule has 1 aromatic heterocycles. The fourth-order valence-corrected chi connectivity index (χ4v) is 1.15. The van der Waals surface area contributed by atoms with E-state index in [-0.39, 0.29) is 5.82 Å². The number of hydrogen-bond donors (Lipinski definition) is 1. The molecule has 0 saturated carbocycles. The van der Waals surface area contributed by atoms with E-state index < -0.39 is 5.76 Å². The number of nitrogens with one attached hydrogen (secondary N) is 1. The van der Waals surface area contributed by atoms with Crippen molar-refractivity contribution in [3.8, 4) is 11.4 Å². The Labute approximate surface area is 78.4 Å². The number of aromatic amines is 1. The summed E-state index contributed by atoms with van der Waals surface area (Å²) in [4.78, 5) is 13.0. The lowest BCUT2D eigenvalue weighted by Crippen LogP contribution is -1.95. The summed E-state index contributed by atoms with van der Waals surface area (Å²) in [5.41, 5.74) is 1.11. The minimum absolute atomic E-state index is 0.292. The highest BCUT2D eigenvalue weighted by Gasteiger charge is 2.05. The fraction of sp³-hybridized carbons (Fsp3) is 0.111. The highest BCUT2D eigenvalue weighted by atomic mass is 19.1. The van der Waals surface area contributed by atoms with Crippen LogP contribution in [0.1, 0.15) is 5.56 Å². The van der Waals surface area contributed by atoms with E-state index in [2.05, 4.69) is 14.7 Å². The third-order valence-corrected chi connectivity index (χ3v) is 1.87. The van der Waals surface area contributed by atoms with E-state index in [0.29, 0.717) is 17.0 Å². The molecule has 0 amide bonds. The van der Waals surface area contributed by atoms with Gasteiger partial charge in [-0.05, 0) is 30.7 Å². The SMILES string of the molecule is Cc1cc(-c2noc(=O)[nH]2)ccc1F. The molecule has 1 heterocycles. The third kappa shape index (κ3) is 1.44. The van der Waals surface area contributed by atoms with E-state index in [4.69, 9.17) is 0 Å². The molecule has 0 aliphatic heterocycles. The van der Waals surface area contributed by atoms with Gasteiger partial charge >= 0.3 is 5.76 Å². The van der Waals surface area contributed by atoms with Gasteiger partial charge in [-0.1, -0.05) is 5.16 Å². The summed E-state index contributed by atoms with van der Waals surface area (Å²) in [6, 6.07) is 4.43. The number of halogens is 1. The molecule has 0 aliphatic carbocycles. The molecule has 72 valence electrons. The van der Waals surface area contributed by atoms with Gasteiger partial charge in [0.2, 0.25) is 0 Å². The van der Waals surface area contributed by atoms with Gasteiger partial charge in [0.1, 0.15) is 5.82 Å². The van der Waals surface area contributed by atoms with Gasteiger partial charge in [-0.25, -0.2) is 9.18 Å². The summed E-state index contributed by atoms with van der Waals surface area (Å²) in [5, 5.41) is 3.49. The van der Waals surface area contributed by atoms with Gasteiger partial charge in [0.05, 0.1) is 0 Å². The topological polar surface area (TPSA) is 58.9 Å². The molecule has 2 aromatic rings. The van der Waals surface area contributed by atoms with Gasteiger partial charge < -0.3 is 0 Å². The Balaban J connectivity index is 2.52. The van der Waals surface area contributed by atoms with E-state index in [9.17, 15) is 9.18 Å². The van der Waals surface area contributed by atoms with Crippen molar-refractivity contribution in [1.82, 2.24) is 10.1 Å². The molecule has 14 heavy (non-hydrogen) atoms. The average molecular weight is 194 g/mol. The summed E-state index contributed by atoms with van der Waals surface area (Å²) >= 11 is 0. The quantitative estimate of drug-likeness (QED) is 0.747. The van der Waals surface area contributed by atoms with E-state index in [1.807, 2.05) is 0 Å². The van der Waals surface area contributed by atoms with Crippen LogP contribution in [0, 0.1) is 12.7 Å². The van der Waals surface area contributed by atoms with Gasteiger partial charge in [0.25, 0.3) is 0 Å². The molecule has 0 bridgehead atoms. The Morgan fingerprint density at radius 1 is 1.50 bits per heavy atom. The molecule has 0 aliphatic rings. The molecule has 4 nitrogen and oxygen atoms in total. The maximum Gasteiger partial charge on any atom is 0.439 e. The van der Waals surface area contributed by atoms with Crippen LogP contribution < -0.4 is 5.76 Å². The van der Waals surface area contributed by atoms with E-state index in [1.54, 1.807) is 13.0 Å². The van der Waals surface area contributed by atoms with Crippen molar-refractivity contribution in [1.29, 1.82) is 0 Å². The normalized spacial score (nSPS) is 10.4. The van der Waals surface area contributed by atoms with Gasteiger partial charge in [-0.3, -0.25) is 9.51 Å². The summed E-state index contributed by atoms with van der Waals surface area (Å²) in [6.45, 7) is 1.64. The lowest BCUT2D eigenvalue weighted by Gasteiger charge is -1.98. The maximum atomic E-state index is 12.9. The van der Waals surface area contributed by atoms with Crippen LogP contribution in [0.25, 0.3) is 11.4 Å². The first-order valence-electron chi connectivity index (χ1n) is 3.99. The monoisotopic (exact) mass is 194 g/mol. The summed E-state index contributed by atoms with van der Waals surface area (Å²) in [6.07, 6.45) is 0. The molecule has 1 aromatic carbocycles. The van der Waals surface area contributed by atoms with Crippen LogP contribution in [0.3, 0.4) is 0 Å². The molecule has 0 radical (unpaired) electrons. The van der Waals surface area contributed by atoms with E-state index >= 15 is 0 Å². The average Bonchev–Trinajstić information content (AvgIpc) is 2.57. The molecule has 0 fully saturated rings. The van der Waals surface area contributed by atoms with Crippen LogP contribution >= 0.6 is 0 Å². The molecular weight excluding hydrogens is 187 g/mol. The summed E-state index contributed by atoms with van der Waals surface area (Å²) < 4.78 is 17.2. The molecule has 1 N–H and O–H groups in total. The summed E-state index contributed by atoms with van der Waals surface area (Å²) in [5.74, 6) is -0.611. The number of aromatic nitrogens is 2. The van der Waals surface area contributed by atoms with Gasteiger partial charge in [-0.2, -0.15) is 0 Å². The first-order valence-corrected chi connectivity index (χ1v) is 3.99. The number of aryl methyl sites for hydroxylation is 1. The second-order valence-electron chi connectivity index (χ2n) is 2.91. The van der Waals surface area contributed by atoms with Crippen molar-refractivity contribution in [3.05, 3.63) is 40.1 Å². The molecule has 0 spiro atoms. The van der Waals surface area contributed by atoms with Gasteiger partial charge in [0.15, 0.2) is 5.82 Å². The largest absolute Gasteiger partial charge is 0.439 e. The van der Waals surface area contributed by atoms with Gasteiger partial charge in [0, 0.05) is 5.56 Å². The van der Waals surface area contributed by atoms with Crippen LogP contribution in [0.15, 0.2) is 27.5 Å². The lowest BCUT2D eigenvalue weighted by atomic mass is 10.1. The van der Waals surface area contributed by atoms with Crippen LogP contribution in [-0.4, -0.2) is 10.1 Å². The van der Waals surface area contributed by atoms with Crippen LogP contribution in [0.4, 0.5) is 4.39 Å². The zero-order chi connectivity index (χ0) is 10.1. The standard InChI is InChI=1S/C9H7FN2O2/c1-5-4-6(2-3-7(5)10)8-11-9(13)14-12-8/h2-4H,1H3,(H,11,12,13). The van der Waals surface area contributed by atoms with Crippen molar-refractivity contribution in [2.75, 3.05) is 0 Å².